The number of likely N-dealkylation sites (tertiary alicyclic amines) is 1. The number of anilines is 1. The molecule has 0 unspecified atom stereocenters. The largest absolute Gasteiger partial charge is 0.420 e. The zero-order chi connectivity index (χ0) is 22.9. The Hall–Kier alpha value is -3.10. The van der Waals surface area contributed by atoms with E-state index in [4.69, 9.17) is 27.6 Å². The first-order chi connectivity index (χ1) is 16.0. The quantitative estimate of drug-likeness (QED) is 0.581. The summed E-state index contributed by atoms with van der Waals surface area (Å²) in [7, 11) is 0. The van der Waals surface area contributed by atoms with E-state index in [1.54, 1.807) is 23.1 Å². The maximum Gasteiger partial charge on any atom is 0.322 e. The van der Waals surface area contributed by atoms with Crippen LogP contribution in [0.2, 0.25) is 10.0 Å². The highest BCUT2D eigenvalue weighted by Crippen LogP contribution is 2.29. The molecule has 33 heavy (non-hydrogen) atoms. The van der Waals surface area contributed by atoms with Crippen LogP contribution in [0.5, 0.6) is 0 Å². The first kappa shape index (κ1) is 21.7. The molecule has 3 aromatic rings. The first-order valence-electron chi connectivity index (χ1n) is 10.7. The van der Waals surface area contributed by atoms with Crippen molar-refractivity contribution >= 4 is 40.8 Å². The lowest BCUT2D eigenvalue weighted by atomic mass is 10.0. The number of aromatic nitrogens is 2. The molecule has 2 aromatic carbocycles. The van der Waals surface area contributed by atoms with Crippen LogP contribution < -0.4 is 5.32 Å². The summed E-state index contributed by atoms with van der Waals surface area (Å²) in [4.78, 5) is 29.0. The fourth-order valence-corrected chi connectivity index (χ4v) is 4.83. The smallest absolute Gasteiger partial charge is 0.322 e. The van der Waals surface area contributed by atoms with Gasteiger partial charge < -0.3 is 19.5 Å². The van der Waals surface area contributed by atoms with E-state index in [1.165, 1.54) is 0 Å². The SMILES string of the molecule is O=C(Cc1nnc(-c2cc(Cl)cc(Cl)c2)o1)N1CCC(N2Cc3ccccc3NC2=O)CC1. The Bertz CT molecular complexity index is 1190. The zero-order valence-corrected chi connectivity index (χ0v) is 19.1. The average Bonchev–Trinajstić information content (AvgIpc) is 3.27. The van der Waals surface area contributed by atoms with Crippen molar-refractivity contribution in [2.45, 2.75) is 31.8 Å². The number of nitrogens with zero attached hydrogens (tertiary/aromatic N) is 4. The second-order valence-corrected chi connectivity index (χ2v) is 9.04. The second-order valence-electron chi connectivity index (χ2n) is 8.16. The topological polar surface area (TPSA) is 91.6 Å². The van der Waals surface area contributed by atoms with E-state index in [-0.39, 0.29) is 36.2 Å². The molecular weight excluding hydrogens is 465 g/mol. The Labute approximate surface area is 200 Å². The van der Waals surface area contributed by atoms with Crippen LogP contribution in [0.25, 0.3) is 11.5 Å². The summed E-state index contributed by atoms with van der Waals surface area (Å²) >= 11 is 12.1. The molecule has 1 saturated heterocycles. The second kappa shape index (κ2) is 9.03. The van der Waals surface area contributed by atoms with Gasteiger partial charge in [-0.1, -0.05) is 41.4 Å². The van der Waals surface area contributed by atoms with Gasteiger partial charge in [0.2, 0.25) is 17.7 Å². The zero-order valence-electron chi connectivity index (χ0n) is 17.6. The van der Waals surface area contributed by atoms with Gasteiger partial charge in [-0.3, -0.25) is 4.79 Å². The molecule has 0 bridgehead atoms. The molecule has 0 spiro atoms. The van der Waals surface area contributed by atoms with Crippen LogP contribution in [0.4, 0.5) is 10.5 Å². The van der Waals surface area contributed by atoms with Crippen LogP contribution in [0, 0.1) is 0 Å². The van der Waals surface area contributed by atoms with Gasteiger partial charge in [0.05, 0.1) is 0 Å². The van der Waals surface area contributed by atoms with Crippen LogP contribution in [-0.2, 0) is 17.8 Å². The minimum atomic E-state index is -0.0852. The Kier molecular flexibility index (Phi) is 5.95. The summed E-state index contributed by atoms with van der Waals surface area (Å²) in [5.41, 5.74) is 2.56. The fourth-order valence-electron chi connectivity index (χ4n) is 4.30. The first-order valence-corrected chi connectivity index (χ1v) is 11.4. The summed E-state index contributed by atoms with van der Waals surface area (Å²) in [6.07, 6.45) is 1.46. The minimum absolute atomic E-state index is 0.0174. The van der Waals surface area contributed by atoms with E-state index < -0.39 is 0 Å². The number of rotatable bonds is 4. The third kappa shape index (κ3) is 4.67. The van der Waals surface area contributed by atoms with Crippen LogP contribution in [0.3, 0.4) is 0 Å². The van der Waals surface area contributed by atoms with Gasteiger partial charge in [0.15, 0.2) is 0 Å². The Balaban J connectivity index is 1.18. The van der Waals surface area contributed by atoms with Gasteiger partial charge in [-0.25, -0.2) is 4.79 Å². The molecule has 5 rings (SSSR count). The lowest BCUT2D eigenvalue weighted by Gasteiger charge is -2.40. The van der Waals surface area contributed by atoms with Gasteiger partial charge in [0.25, 0.3) is 0 Å². The number of urea groups is 1. The molecule has 1 fully saturated rings. The van der Waals surface area contributed by atoms with Gasteiger partial charge in [-0.05, 0) is 42.7 Å². The summed E-state index contributed by atoms with van der Waals surface area (Å²) in [6, 6.07) is 12.8. The van der Waals surface area contributed by atoms with Crippen LogP contribution in [-0.4, -0.2) is 51.1 Å². The van der Waals surface area contributed by atoms with E-state index >= 15 is 0 Å². The van der Waals surface area contributed by atoms with Crippen LogP contribution in [0.15, 0.2) is 46.9 Å². The van der Waals surface area contributed by atoms with Crippen molar-refractivity contribution in [2.24, 2.45) is 0 Å². The lowest BCUT2D eigenvalue weighted by molar-refractivity contribution is -0.132. The molecule has 0 radical (unpaired) electrons. The van der Waals surface area contributed by atoms with Crippen molar-refractivity contribution in [1.29, 1.82) is 0 Å². The normalized spacial score (nSPS) is 16.5. The molecule has 0 atom stereocenters. The summed E-state index contributed by atoms with van der Waals surface area (Å²) < 4.78 is 5.66. The number of para-hydroxylation sites is 1. The molecule has 3 amide bonds. The number of benzene rings is 2. The molecule has 0 saturated carbocycles. The monoisotopic (exact) mass is 485 g/mol. The molecule has 1 aromatic heterocycles. The lowest BCUT2D eigenvalue weighted by Crippen LogP contribution is -2.51. The van der Waals surface area contributed by atoms with Crippen molar-refractivity contribution in [2.75, 3.05) is 18.4 Å². The highest BCUT2D eigenvalue weighted by atomic mass is 35.5. The van der Waals surface area contributed by atoms with E-state index in [0.717, 1.165) is 24.1 Å². The van der Waals surface area contributed by atoms with E-state index in [0.29, 0.717) is 35.2 Å². The van der Waals surface area contributed by atoms with Crippen molar-refractivity contribution in [3.05, 3.63) is 64.0 Å². The molecule has 2 aliphatic rings. The van der Waals surface area contributed by atoms with Gasteiger partial charge in [0.1, 0.15) is 6.42 Å². The number of nitrogens with one attached hydrogen (secondary N) is 1. The number of hydrogen-bond donors (Lipinski definition) is 1. The van der Waals surface area contributed by atoms with Gasteiger partial charge in [-0.15, -0.1) is 10.2 Å². The molecule has 170 valence electrons. The molecule has 2 aliphatic heterocycles. The number of hydrogen-bond acceptors (Lipinski definition) is 5. The molecule has 3 heterocycles. The maximum absolute atomic E-state index is 12.8. The number of piperidine rings is 1. The summed E-state index contributed by atoms with van der Waals surface area (Å²) in [6.45, 7) is 1.72. The fraction of sp³-hybridized carbons (Fsp3) is 0.304. The maximum atomic E-state index is 12.8. The average molecular weight is 486 g/mol. The van der Waals surface area contributed by atoms with Crippen LogP contribution in [0.1, 0.15) is 24.3 Å². The van der Waals surface area contributed by atoms with Gasteiger partial charge in [0, 0.05) is 47.0 Å². The Morgan fingerprint density at radius 1 is 1.09 bits per heavy atom. The minimum Gasteiger partial charge on any atom is -0.420 e. The molecule has 10 heteroatoms. The Morgan fingerprint density at radius 3 is 2.58 bits per heavy atom. The van der Waals surface area contributed by atoms with Crippen molar-refractivity contribution < 1.29 is 14.0 Å². The predicted octanol–water partition coefficient (Wildman–Crippen LogP) is 4.62. The number of halogens is 2. The predicted molar refractivity (Wildman–Crippen MR) is 124 cm³/mol. The molecule has 0 aliphatic carbocycles. The third-order valence-electron chi connectivity index (χ3n) is 6.00. The third-order valence-corrected chi connectivity index (χ3v) is 6.43. The molecular formula is C23H21Cl2N5O3. The standard InChI is InChI=1S/C23H21Cl2N5O3/c24-16-9-15(10-17(25)11-16)22-28-27-20(33-22)12-21(31)29-7-5-18(6-8-29)30-13-14-3-1-2-4-19(14)26-23(30)32/h1-4,9-11,18H,5-8,12-13H2,(H,26,32). The number of carbonyl (C=O) groups is 2. The van der Waals surface area contributed by atoms with Gasteiger partial charge >= 0.3 is 6.03 Å². The number of fused-ring (bicyclic) bond motifs is 1. The van der Waals surface area contributed by atoms with Crippen molar-refractivity contribution in [3.63, 3.8) is 0 Å². The highest BCUT2D eigenvalue weighted by Gasteiger charge is 2.32. The van der Waals surface area contributed by atoms with Gasteiger partial charge in [-0.2, -0.15) is 0 Å². The Morgan fingerprint density at radius 2 is 1.82 bits per heavy atom. The van der Waals surface area contributed by atoms with Crippen molar-refractivity contribution in [1.82, 2.24) is 20.0 Å². The van der Waals surface area contributed by atoms with Crippen molar-refractivity contribution in [3.8, 4) is 11.5 Å². The summed E-state index contributed by atoms with van der Waals surface area (Å²) in [5.74, 6) is 0.416. The van der Waals surface area contributed by atoms with E-state index in [9.17, 15) is 9.59 Å². The molecule has 8 nitrogen and oxygen atoms in total. The number of carbonyl (C=O) groups excluding carboxylic acids is 2. The molecule has 1 N–H and O–H groups in total. The summed E-state index contributed by atoms with van der Waals surface area (Å²) in [5, 5.41) is 11.9. The van der Waals surface area contributed by atoms with Crippen LogP contribution >= 0.6 is 23.2 Å². The van der Waals surface area contributed by atoms with E-state index in [2.05, 4.69) is 15.5 Å². The highest BCUT2D eigenvalue weighted by molar-refractivity contribution is 6.35. The van der Waals surface area contributed by atoms with E-state index in [1.807, 2.05) is 29.2 Å². The number of amides is 3.